The van der Waals surface area contributed by atoms with Crippen LogP contribution < -0.4 is 10.1 Å². The summed E-state index contributed by atoms with van der Waals surface area (Å²) in [6.07, 6.45) is 1.78. The zero-order chi connectivity index (χ0) is 15.4. The van der Waals surface area contributed by atoms with Crippen LogP contribution in [0.4, 0.5) is 0 Å². The number of hydrogen-bond acceptors (Lipinski definition) is 5. The highest BCUT2D eigenvalue weighted by Crippen LogP contribution is 2.41. The molecule has 0 unspecified atom stereocenters. The SMILES string of the molecule is COc1ccccc1[C@@H]1C(C#N)=C(SC)NC(=O)[C@@H]1C#N. The number of carbonyl (C=O) groups excluding carboxylic acids is 1. The molecule has 0 spiro atoms. The highest BCUT2D eigenvalue weighted by atomic mass is 32.2. The lowest BCUT2D eigenvalue weighted by Crippen LogP contribution is -2.38. The van der Waals surface area contributed by atoms with Gasteiger partial charge >= 0.3 is 0 Å². The van der Waals surface area contributed by atoms with E-state index >= 15 is 0 Å². The number of ether oxygens (including phenoxy) is 1. The van der Waals surface area contributed by atoms with E-state index in [1.54, 1.807) is 30.5 Å². The fraction of sp³-hybridized carbons (Fsp3) is 0.267. The Hall–Kier alpha value is -2.44. The van der Waals surface area contributed by atoms with Gasteiger partial charge in [-0.1, -0.05) is 18.2 Å². The average molecular weight is 299 g/mol. The molecule has 0 aromatic heterocycles. The Bertz CT molecular complexity index is 685. The molecule has 1 aromatic carbocycles. The Balaban J connectivity index is 2.68. The van der Waals surface area contributed by atoms with Gasteiger partial charge in [-0.25, -0.2) is 0 Å². The van der Waals surface area contributed by atoms with Crippen LogP contribution >= 0.6 is 11.8 Å². The number of para-hydroxylation sites is 1. The normalized spacial score (nSPS) is 21.2. The standard InChI is InChI=1S/C15H13N3O2S/c1-20-12-6-4-3-5-9(12)13-10(7-16)14(19)18-15(21-2)11(13)8-17/h3-6,10,13H,1-2H3,(H,18,19)/t10-,13+/m1/s1. The molecule has 5 nitrogen and oxygen atoms in total. The highest BCUT2D eigenvalue weighted by molar-refractivity contribution is 8.02. The van der Waals surface area contributed by atoms with Crippen LogP contribution in [0, 0.1) is 28.6 Å². The smallest absolute Gasteiger partial charge is 0.243 e. The first-order chi connectivity index (χ1) is 10.2. The van der Waals surface area contributed by atoms with Crippen molar-refractivity contribution in [1.82, 2.24) is 5.32 Å². The molecule has 21 heavy (non-hydrogen) atoms. The van der Waals surface area contributed by atoms with Crippen molar-refractivity contribution in [2.45, 2.75) is 5.92 Å². The molecule has 1 aliphatic heterocycles. The summed E-state index contributed by atoms with van der Waals surface area (Å²) in [6.45, 7) is 0. The third-order valence-corrected chi connectivity index (χ3v) is 4.08. The van der Waals surface area contributed by atoms with Crippen LogP contribution in [0.25, 0.3) is 0 Å². The summed E-state index contributed by atoms with van der Waals surface area (Å²) < 4.78 is 5.31. The maximum Gasteiger partial charge on any atom is 0.243 e. The Morgan fingerprint density at radius 3 is 2.62 bits per heavy atom. The topological polar surface area (TPSA) is 85.9 Å². The van der Waals surface area contributed by atoms with Crippen LogP contribution in [0.5, 0.6) is 5.75 Å². The molecule has 1 aromatic rings. The molecule has 0 saturated carbocycles. The van der Waals surface area contributed by atoms with Gasteiger partial charge in [0.1, 0.15) is 11.7 Å². The molecule has 106 valence electrons. The Morgan fingerprint density at radius 1 is 1.33 bits per heavy atom. The fourth-order valence-corrected chi connectivity index (χ4v) is 2.98. The Kier molecular flexibility index (Phi) is 4.52. The molecule has 6 heteroatoms. The number of nitrogens with one attached hydrogen (secondary N) is 1. The number of methoxy groups -OCH3 is 1. The van der Waals surface area contributed by atoms with Crippen LogP contribution in [0.3, 0.4) is 0 Å². The average Bonchev–Trinajstić information content (AvgIpc) is 2.53. The lowest BCUT2D eigenvalue weighted by molar-refractivity contribution is -0.123. The van der Waals surface area contributed by atoms with Gasteiger partial charge in [-0.3, -0.25) is 4.79 Å². The lowest BCUT2D eigenvalue weighted by Gasteiger charge is -2.29. The number of nitriles is 2. The van der Waals surface area contributed by atoms with E-state index in [1.807, 2.05) is 6.07 Å². The van der Waals surface area contributed by atoms with Crippen molar-refractivity contribution in [2.75, 3.05) is 13.4 Å². The second-order valence-corrected chi connectivity index (χ2v) is 5.19. The molecule has 0 aliphatic carbocycles. The van der Waals surface area contributed by atoms with Crippen molar-refractivity contribution in [1.29, 1.82) is 10.5 Å². The van der Waals surface area contributed by atoms with E-state index in [4.69, 9.17) is 4.74 Å². The lowest BCUT2D eigenvalue weighted by atomic mass is 9.79. The maximum atomic E-state index is 12.1. The van der Waals surface area contributed by atoms with Crippen molar-refractivity contribution < 1.29 is 9.53 Å². The first kappa shape index (κ1) is 15.0. The first-order valence-electron chi connectivity index (χ1n) is 6.19. The summed E-state index contributed by atoms with van der Waals surface area (Å²) >= 11 is 1.28. The van der Waals surface area contributed by atoms with E-state index in [1.165, 1.54) is 18.9 Å². The molecular weight excluding hydrogens is 286 g/mol. The Morgan fingerprint density at radius 2 is 2.05 bits per heavy atom. The summed E-state index contributed by atoms with van der Waals surface area (Å²) in [5.74, 6) is -1.40. The van der Waals surface area contributed by atoms with Crippen LogP contribution in [0.2, 0.25) is 0 Å². The molecule has 0 radical (unpaired) electrons. The predicted octanol–water partition coefficient (Wildman–Crippen LogP) is 2.15. The summed E-state index contributed by atoms with van der Waals surface area (Å²) in [5.41, 5.74) is 1.06. The number of nitrogens with zero attached hydrogens (tertiary/aromatic N) is 2. The summed E-state index contributed by atoms with van der Waals surface area (Å²) in [4.78, 5) is 12.1. The van der Waals surface area contributed by atoms with E-state index < -0.39 is 17.7 Å². The van der Waals surface area contributed by atoms with Gasteiger partial charge in [0, 0.05) is 5.56 Å². The zero-order valence-electron chi connectivity index (χ0n) is 11.6. The summed E-state index contributed by atoms with van der Waals surface area (Å²) in [5, 5.41) is 21.9. The number of amides is 1. The predicted molar refractivity (Wildman–Crippen MR) is 79.1 cm³/mol. The van der Waals surface area contributed by atoms with Crippen LogP contribution in [-0.2, 0) is 4.79 Å². The van der Waals surface area contributed by atoms with Gasteiger partial charge < -0.3 is 10.1 Å². The third kappa shape index (κ3) is 2.58. The van der Waals surface area contributed by atoms with Gasteiger partial charge in [0.2, 0.25) is 5.91 Å². The van der Waals surface area contributed by atoms with E-state index in [2.05, 4.69) is 11.4 Å². The molecule has 0 fully saturated rings. The highest BCUT2D eigenvalue weighted by Gasteiger charge is 2.40. The summed E-state index contributed by atoms with van der Waals surface area (Å²) in [6, 6.07) is 11.3. The van der Waals surface area contributed by atoms with Crippen molar-refractivity contribution in [3.63, 3.8) is 0 Å². The van der Waals surface area contributed by atoms with Crippen molar-refractivity contribution >= 4 is 17.7 Å². The monoisotopic (exact) mass is 299 g/mol. The second-order valence-electron chi connectivity index (χ2n) is 4.37. The molecule has 1 heterocycles. The van der Waals surface area contributed by atoms with E-state index in [0.29, 0.717) is 21.9 Å². The van der Waals surface area contributed by atoms with Gasteiger partial charge in [0.05, 0.1) is 35.8 Å². The first-order valence-corrected chi connectivity index (χ1v) is 7.42. The summed E-state index contributed by atoms with van der Waals surface area (Å²) in [7, 11) is 1.52. The quantitative estimate of drug-likeness (QED) is 0.924. The van der Waals surface area contributed by atoms with Crippen LogP contribution in [0.1, 0.15) is 11.5 Å². The van der Waals surface area contributed by atoms with Crippen molar-refractivity contribution in [3.05, 3.63) is 40.4 Å². The number of benzene rings is 1. The van der Waals surface area contributed by atoms with Crippen LogP contribution in [-0.4, -0.2) is 19.3 Å². The second kappa shape index (κ2) is 6.34. The fourth-order valence-electron chi connectivity index (χ4n) is 2.39. The molecule has 2 rings (SSSR count). The van der Waals surface area contributed by atoms with E-state index in [0.717, 1.165) is 0 Å². The number of hydrogen-bond donors (Lipinski definition) is 1. The molecule has 1 amide bonds. The number of rotatable bonds is 3. The molecule has 1 aliphatic rings. The van der Waals surface area contributed by atoms with Gasteiger partial charge in [-0.05, 0) is 12.3 Å². The maximum absolute atomic E-state index is 12.1. The van der Waals surface area contributed by atoms with Gasteiger partial charge in [0.15, 0.2) is 0 Å². The van der Waals surface area contributed by atoms with Crippen molar-refractivity contribution in [2.24, 2.45) is 5.92 Å². The Labute approximate surface area is 127 Å². The zero-order valence-corrected chi connectivity index (χ0v) is 12.4. The number of carbonyl (C=O) groups is 1. The number of allylic oxidation sites excluding steroid dienone is 1. The van der Waals surface area contributed by atoms with Gasteiger partial charge in [-0.2, -0.15) is 10.5 Å². The number of thioether (sulfide) groups is 1. The minimum atomic E-state index is -0.952. The molecule has 1 N–H and O–H groups in total. The van der Waals surface area contributed by atoms with Crippen molar-refractivity contribution in [3.8, 4) is 17.9 Å². The molecule has 0 saturated heterocycles. The van der Waals surface area contributed by atoms with E-state index in [-0.39, 0.29) is 0 Å². The van der Waals surface area contributed by atoms with Gasteiger partial charge in [-0.15, -0.1) is 11.8 Å². The third-order valence-electron chi connectivity index (χ3n) is 3.35. The molecule has 2 atom stereocenters. The largest absolute Gasteiger partial charge is 0.496 e. The molecule has 0 bridgehead atoms. The van der Waals surface area contributed by atoms with Crippen LogP contribution in [0.15, 0.2) is 34.9 Å². The minimum Gasteiger partial charge on any atom is -0.496 e. The molecular formula is C15H13N3O2S. The minimum absolute atomic E-state index is 0.387. The van der Waals surface area contributed by atoms with Gasteiger partial charge in [0.25, 0.3) is 0 Å². The van der Waals surface area contributed by atoms with E-state index in [9.17, 15) is 15.3 Å².